The van der Waals surface area contributed by atoms with Crippen molar-refractivity contribution in [3.05, 3.63) is 48.1 Å². The molecule has 0 radical (unpaired) electrons. The number of hydrogen-bond acceptors (Lipinski definition) is 1. The molecular weight excluding hydrogens is 236 g/mol. The number of benzene rings is 1. The van der Waals surface area contributed by atoms with E-state index >= 15 is 0 Å². The van der Waals surface area contributed by atoms with Crippen molar-refractivity contribution in [1.29, 1.82) is 0 Å². The number of halogens is 2. The normalized spacial score (nSPS) is 23.2. The molecule has 1 fully saturated rings. The summed E-state index contributed by atoms with van der Waals surface area (Å²) in [5.41, 5.74) is 0.441. The summed E-state index contributed by atoms with van der Waals surface area (Å²) >= 11 is 0. The first-order valence-corrected chi connectivity index (χ1v) is 5.90. The van der Waals surface area contributed by atoms with Crippen molar-refractivity contribution in [2.75, 3.05) is 6.54 Å². The van der Waals surface area contributed by atoms with Crippen molar-refractivity contribution in [1.82, 2.24) is 4.90 Å². The Balaban J connectivity index is 2.33. The Bertz CT molecular complexity index is 486. The van der Waals surface area contributed by atoms with Gasteiger partial charge < -0.3 is 4.90 Å². The third-order valence-corrected chi connectivity index (χ3v) is 3.27. The maximum absolute atomic E-state index is 13.8. The molecule has 96 valence electrons. The average Bonchev–Trinajstić information content (AvgIpc) is 2.70. The zero-order valence-electron chi connectivity index (χ0n) is 10.2. The summed E-state index contributed by atoms with van der Waals surface area (Å²) in [6, 6.07) is 5.90. The van der Waals surface area contributed by atoms with E-state index in [9.17, 15) is 13.6 Å². The lowest BCUT2D eigenvalue weighted by Gasteiger charge is -2.24. The van der Waals surface area contributed by atoms with Crippen molar-refractivity contribution >= 4 is 5.91 Å². The lowest BCUT2D eigenvalue weighted by Crippen LogP contribution is -2.31. The minimum absolute atomic E-state index is 0.220. The number of amides is 1. The van der Waals surface area contributed by atoms with E-state index in [0.29, 0.717) is 18.5 Å². The van der Waals surface area contributed by atoms with Crippen LogP contribution in [0.4, 0.5) is 8.78 Å². The molecule has 2 unspecified atom stereocenters. The highest BCUT2D eigenvalue weighted by atomic mass is 19.1. The first-order valence-electron chi connectivity index (χ1n) is 5.90. The van der Waals surface area contributed by atoms with E-state index in [1.807, 2.05) is 6.92 Å². The van der Waals surface area contributed by atoms with Gasteiger partial charge in [-0.25, -0.2) is 8.78 Å². The Kier molecular flexibility index (Phi) is 3.45. The van der Waals surface area contributed by atoms with Crippen molar-refractivity contribution in [2.24, 2.45) is 5.92 Å². The summed E-state index contributed by atoms with van der Waals surface area (Å²) in [7, 11) is 0. The molecular formula is C14H15F2NO. The van der Waals surface area contributed by atoms with Gasteiger partial charge in [0.05, 0.1) is 6.04 Å². The molecule has 4 heteroatoms. The van der Waals surface area contributed by atoms with Gasteiger partial charge in [-0.15, -0.1) is 0 Å². The van der Waals surface area contributed by atoms with Gasteiger partial charge in [0, 0.05) is 12.1 Å². The molecule has 0 aromatic heterocycles. The molecule has 0 N–H and O–H groups in total. The lowest BCUT2D eigenvalue weighted by atomic mass is 10.0. The Hall–Kier alpha value is -1.71. The maximum Gasteiger partial charge on any atom is 0.282 e. The van der Waals surface area contributed by atoms with Crippen molar-refractivity contribution in [3.8, 4) is 0 Å². The Morgan fingerprint density at radius 3 is 2.72 bits per heavy atom. The van der Waals surface area contributed by atoms with Gasteiger partial charge in [0.15, 0.2) is 5.83 Å². The predicted octanol–water partition coefficient (Wildman–Crippen LogP) is 3.22. The Labute approximate surface area is 105 Å². The molecule has 0 spiro atoms. The van der Waals surface area contributed by atoms with Gasteiger partial charge >= 0.3 is 0 Å². The van der Waals surface area contributed by atoms with Crippen LogP contribution in [-0.4, -0.2) is 17.4 Å². The Morgan fingerprint density at radius 1 is 1.44 bits per heavy atom. The monoisotopic (exact) mass is 251 g/mol. The van der Waals surface area contributed by atoms with Gasteiger partial charge in [0.25, 0.3) is 5.91 Å². The second kappa shape index (κ2) is 4.88. The van der Waals surface area contributed by atoms with E-state index in [0.717, 1.165) is 0 Å². The van der Waals surface area contributed by atoms with Crippen molar-refractivity contribution in [2.45, 2.75) is 19.4 Å². The number of nitrogens with zero attached hydrogens (tertiary/aromatic N) is 1. The quantitative estimate of drug-likeness (QED) is 0.739. The molecule has 1 amide bonds. The molecule has 2 atom stereocenters. The first kappa shape index (κ1) is 12.7. The highest BCUT2D eigenvalue weighted by Crippen LogP contribution is 2.37. The number of rotatable bonds is 2. The smallest absolute Gasteiger partial charge is 0.282 e. The third-order valence-electron chi connectivity index (χ3n) is 3.27. The molecule has 0 bridgehead atoms. The van der Waals surface area contributed by atoms with Gasteiger partial charge in [-0.2, -0.15) is 0 Å². The van der Waals surface area contributed by atoms with E-state index in [4.69, 9.17) is 0 Å². The second-order valence-corrected chi connectivity index (χ2v) is 4.74. The SMILES string of the molecule is C=C(F)C(=O)N1CC(C)CC1c1ccccc1F. The van der Waals surface area contributed by atoms with Crippen LogP contribution in [0.1, 0.15) is 24.9 Å². The van der Waals surface area contributed by atoms with Gasteiger partial charge in [-0.3, -0.25) is 4.79 Å². The summed E-state index contributed by atoms with van der Waals surface area (Å²) in [6.45, 7) is 5.42. The predicted molar refractivity (Wildman–Crippen MR) is 64.9 cm³/mol. The molecule has 0 saturated carbocycles. The van der Waals surface area contributed by atoms with Crippen LogP contribution in [0.15, 0.2) is 36.7 Å². The summed E-state index contributed by atoms with van der Waals surface area (Å²) < 4.78 is 26.7. The molecule has 2 rings (SSSR count). The number of likely N-dealkylation sites (tertiary alicyclic amines) is 1. The zero-order valence-corrected chi connectivity index (χ0v) is 10.2. The van der Waals surface area contributed by atoms with Gasteiger partial charge in [0.1, 0.15) is 5.82 Å². The molecule has 1 heterocycles. The molecule has 1 aromatic rings. The van der Waals surface area contributed by atoms with Crippen LogP contribution in [0.2, 0.25) is 0 Å². The maximum atomic E-state index is 13.8. The molecule has 2 nitrogen and oxygen atoms in total. The van der Waals surface area contributed by atoms with E-state index in [1.54, 1.807) is 18.2 Å². The fourth-order valence-corrected chi connectivity index (χ4v) is 2.47. The summed E-state index contributed by atoms with van der Waals surface area (Å²) in [6.07, 6.45) is 0.639. The van der Waals surface area contributed by atoms with Crippen LogP contribution in [0.5, 0.6) is 0 Å². The fourth-order valence-electron chi connectivity index (χ4n) is 2.47. The minimum atomic E-state index is -0.995. The summed E-state index contributed by atoms with van der Waals surface area (Å²) in [4.78, 5) is 13.1. The molecule has 1 aliphatic rings. The van der Waals surface area contributed by atoms with Crippen LogP contribution in [0.3, 0.4) is 0 Å². The molecule has 18 heavy (non-hydrogen) atoms. The van der Waals surface area contributed by atoms with Crippen LogP contribution in [0.25, 0.3) is 0 Å². The fraction of sp³-hybridized carbons (Fsp3) is 0.357. The number of carbonyl (C=O) groups is 1. The lowest BCUT2D eigenvalue weighted by molar-refractivity contribution is -0.129. The highest BCUT2D eigenvalue weighted by molar-refractivity contribution is 5.91. The van der Waals surface area contributed by atoms with E-state index < -0.39 is 17.8 Å². The van der Waals surface area contributed by atoms with Gasteiger partial charge in [0.2, 0.25) is 0 Å². The van der Waals surface area contributed by atoms with E-state index in [2.05, 4.69) is 6.58 Å². The standard InChI is InChI=1S/C14H15F2NO/c1-9-7-13(11-5-3-4-6-12(11)16)17(8-9)14(18)10(2)15/h3-6,9,13H,2,7-8H2,1H3. The zero-order chi connectivity index (χ0) is 13.3. The summed E-state index contributed by atoms with van der Waals surface area (Å²) in [5.74, 6) is -1.88. The molecule has 0 aliphatic carbocycles. The molecule has 1 aliphatic heterocycles. The molecule has 1 saturated heterocycles. The van der Waals surface area contributed by atoms with Gasteiger partial charge in [-0.05, 0) is 18.4 Å². The Morgan fingerprint density at radius 2 is 2.11 bits per heavy atom. The van der Waals surface area contributed by atoms with Crippen molar-refractivity contribution < 1.29 is 13.6 Å². The van der Waals surface area contributed by atoms with Gasteiger partial charge in [-0.1, -0.05) is 31.7 Å². The van der Waals surface area contributed by atoms with Crippen LogP contribution >= 0.6 is 0 Å². The molecule has 1 aromatic carbocycles. The van der Waals surface area contributed by atoms with Crippen LogP contribution in [-0.2, 0) is 4.79 Å². The van der Waals surface area contributed by atoms with Crippen molar-refractivity contribution in [3.63, 3.8) is 0 Å². The number of hydrogen-bond donors (Lipinski definition) is 0. The summed E-state index contributed by atoms with van der Waals surface area (Å²) in [5, 5.41) is 0. The van der Waals surface area contributed by atoms with E-state index in [-0.39, 0.29) is 11.7 Å². The van der Waals surface area contributed by atoms with E-state index in [1.165, 1.54) is 11.0 Å². The minimum Gasteiger partial charge on any atom is -0.329 e. The topological polar surface area (TPSA) is 20.3 Å². The average molecular weight is 251 g/mol. The largest absolute Gasteiger partial charge is 0.329 e. The second-order valence-electron chi connectivity index (χ2n) is 4.74. The first-order chi connectivity index (χ1) is 8.50. The highest BCUT2D eigenvalue weighted by Gasteiger charge is 2.36. The van der Waals surface area contributed by atoms with Crippen LogP contribution < -0.4 is 0 Å². The number of carbonyl (C=O) groups excluding carboxylic acids is 1. The third kappa shape index (κ3) is 2.28. The van der Waals surface area contributed by atoms with Crippen LogP contribution in [0, 0.1) is 11.7 Å².